The molecule has 2 aromatic carbocycles. The molecule has 1 saturated carbocycles. The number of H-pyrrole nitrogens is 1. The summed E-state index contributed by atoms with van der Waals surface area (Å²) in [5.41, 5.74) is 2.80. The molecule has 3 aliphatic rings. The van der Waals surface area contributed by atoms with Crippen molar-refractivity contribution in [2.75, 3.05) is 49.5 Å². The molecule has 11 heteroatoms. The van der Waals surface area contributed by atoms with Crippen LogP contribution in [0.25, 0.3) is 32.9 Å². The highest BCUT2D eigenvalue weighted by molar-refractivity contribution is 6.35. The van der Waals surface area contributed by atoms with E-state index in [4.69, 9.17) is 21.6 Å². The molecule has 7 rings (SSSR count). The Morgan fingerprint density at radius 1 is 1.10 bits per heavy atom. The van der Waals surface area contributed by atoms with E-state index < -0.39 is 5.82 Å². The fraction of sp³-hybridized carbons (Fsp3) is 0.419. The second kappa shape index (κ2) is 10.8. The van der Waals surface area contributed by atoms with Gasteiger partial charge in [-0.15, -0.1) is 0 Å². The highest BCUT2D eigenvalue weighted by Crippen LogP contribution is 2.42. The lowest BCUT2D eigenvalue weighted by molar-refractivity contribution is -0.126. The van der Waals surface area contributed by atoms with Crippen LogP contribution in [0.1, 0.15) is 31.2 Å². The van der Waals surface area contributed by atoms with Gasteiger partial charge in [0, 0.05) is 73.3 Å². The number of piperazine rings is 1. The van der Waals surface area contributed by atoms with Crippen molar-refractivity contribution >= 4 is 51.1 Å². The second-order valence-electron chi connectivity index (χ2n) is 11.6. The number of nitrogens with one attached hydrogen (secondary N) is 2. The number of fused-ring (bicyclic) bond motifs is 2. The predicted octanol–water partition coefficient (Wildman–Crippen LogP) is 5.15. The van der Waals surface area contributed by atoms with Gasteiger partial charge in [-0.3, -0.25) is 9.89 Å². The number of rotatable bonds is 6. The number of benzene rings is 2. The van der Waals surface area contributed by atoms with Crippen LogP contribution in [-0.2, 0) is 4.79 Å². The van der Waals surface area contributed by atoms with Crippen molar-refractivity contribution in [3.8, 4) is 11.1 Å². The molecule has 3 fully saturated rings. The van der Waals surface area contributed by atoms with Crippen LogP contribution in [0.4, 0.5) is 16.2 Å². The summed E-state index contributed by atoms with van der Waals surface area (Å²) >= 11 is 6.88. The summed E-state index contributed by atoms with van der Waals surface area (Å²) in [5, 5.41) is 12.4. The Bertz CT molecular complexity index is 1690. The molecular formula is C31H34ClFN8O. The molecule has 0 unspecified atom stereocenters. The largest absolute Gasteiger partial charge is 0.352 e. The highest BCUT2D eigenvalue weighted by Gasteiger charge is 2.32. The number of hydrogen-bond acceptors (Lipinski definition) is 7. The van der Waals surface area contributed by atoms with Crippen LogP contribution >= 0.6 is 11.6 Å². The molecule has 1 amide bonds. The summed E-state index contributed by atoms with van der Waals surface area (Å²) in [6, 6.07) is 6.64. The number of halogens is 2. The molecule has 0 radical (unpaired) electrons. The minimum Gasteiger partial charge on any atom is -0.352 e. The van der Waals surface area contributed by atoms with Crippen molar-refractivity contribution in [3.63, 3.8) is 0 Å². The standard InChI is InChI=1S/C31H34ClFN8O/c1-3-24(42)40-12-14-41(15-13-40)30-22-16-23(32)26(25-18(2)4-5-19-17-34-38-28(19)25)27(33)29(22)36-31(37-30)35-20-8-10-39(11-9-20)21-6-7-21/h3-5,16-17,20-21H,1,6-15H2,2H3,(H,34,38)(H,35,36,37). The van der Waals surface area contributed by atoms with E-state index in [-0.39, 0.29) is 22.5 Å². The van der Waals surface area contributed by atoms with E-state index in [1.807, 2.05) is 19.1 Å². The fourth-order valence-corrected chi connectivity index (χ4v) is 6.74. The molecule has 4 aromatic rings. The van der Waals surface area contributed by atoms with Gasteiger partial charge < -0.3 is 20.0 Å². The SMILES string of the molecule is C=CC(=O)N1CCN(c2nc(NC3CCN(C4CC4)CC3)nc3c(F)c(-c4c(C)ccc5cn[nH]c45)c(Cl)cc23)CC1. The van der Waals surface area contributed by atoms with E-state index in [1.165, 1.54) is 18.9 Å². The van der Waals surface area contributed by atoms with Gasteiger partial charge in [-0.2, -0.15) is 10.1 Å². The molecule has 2 aliphatic heterocycles. The first-order valence-electron chi connectivity index (χ1n) is 14.7. The minimum absolute atomic E-state index is 0.0934. The van der Waals surface area contributed by atoms with E-state index in [2.05, 4.69) is 31.9 Å². The smallest absolute Gasteiger partial charge is 0.246 e. The summed E-state index contributed by atoms with van der Waals surface area (Å²) in [5.74, 6) is 0.450. The highest BCUT2D eigenvalue weighted by atomic mass is 35.5. The molecule has 0 atom stereocenters. The van der Waals surface area contributed by atoms with Crippen molar-refractivity contribution in [1.82, 2.24) is 30.0 Å². The van der Waals surface area contributed by atoms with E-state index in [0.29, 0.717) is 54.5 Å². The zero-order valence-corrected chi connectivity index (χ0v) is 24.4. The van der Waals surface area contributed by atoms with Crippen LogP contribution in [-0.4, -0.2) is 87.2 Å². The predicted molar refractivity (Wildman–Crippen MR) is 165 cm³/mol. The molecule has 218 valence electrons. The quantitative estimate of drug-likeness (QED) is 0.301. The van der Waals surface area contributed by atoms with Crippen LogP contribution < -0.4 is 10.2 Å². The monoisotopic (exact) mass is 588 g/mol. The first-order valence-corrected chi connectivity index (χ1v) is 15.1. The number of carbonyl (C=O) groups excluding carboxylic acids is 1. The normalized spacial score (nSPS) is 18.6. The Kier molecular flexibility index (Phi) is 6.98. The molecule has 1 aliphatic carbocycles. The molecule has 9 nitrogen and oxygen atoms in total. The Labute approximate surface area is 248 Å². The van der Waals surface area contributed by atoms with Gasteiger partial charge in [0.2, 0.25) is 11.9 Å². The van der Waals surface area contributed by atoms with Crippen molar-refractivity contribution in [2.24, 2.45) is 0 Å². The third-order valence-corrected chi connectivity index (χ3v) is 9.23. The summed E-state index contributed by atoms with van der Waals surface area (Å²) in [7, 11) is 0. The number of aromatic nitrogens is 4. The van der Waals surface area contributed by atoms with Gasteiger partial charge in [0.05, 0.1) is 16.7 Å². The van der Waals surface area contributed by atoms with Gasteiger partial charge in [-0.1, -0.05) is 30.3 Å². The summed E-state index contributed by atoms with van der Waals surface area (Å²) in [6.45, 7) is 9.79. The number of aromatic amines is 1. The first-order chi connectivity index (χ1) is 20.4. The summed E-state index contributed by atoms with van der Waals surface area (Å²) in [6.07, 6.45) is 7.65. The lowest BCUT2D eigenvalue weighted by atomic mass is 9.96. The van der Waals surface area contributed by atoms with Gasteiger partial charge in [-0.25, -0.2) is 9.37 Å². The van der Waals surface area contributed by atoms with Crippen LogP contribution in [0.3, 0.4) is 0 Å². The average Bonchev–Trinajstić information content (AvgIpc) is 3.75. The van der Waals surface area contributed by atoms with E-state index in [1.54, 1.807) is 17.2 Å². The number of nitrogens with zero attached hydrogens (tertiary/aromatic N) is 6. The number of piperidine rings is 1. The zero-order valence-electron chi connectivity index (χ0n) is 23.7. The van der Waals surface area contributed by atoms with Crippen LogP contribution in [0.15, 0.2) is 37.1 Å². The third-order valence-electron chi connectivity index (χ3n) is 8.93. The minimum atomic E-state index is -0.488. The molecule has 2 saturated heterocycles. The molecule has 42 heavy (non-hydrogen) atoms. The maximum Gasteiger partial charge on any atom is 0.246 e. The summed E-state index contributed by atoms with van der Waals surface area (Å²) in [4.78, 5) is 28.3. The Hall–Kier alpha value is -3.76. The van der Waals surface area contributed by atoms with Gasteiger partial charge in [0.15, 0.2) is 5.82 Å². The Balaban J connectivity index is 1.31. The topological polar surface area (TPSA) is 93.3 Å². The number of carbonyl (C=O) groups is 1. The fourth-order valence-electron chi connectivity index (χ4n) is 6.45. The number of amides is 1. The van der Waals surface area contributed by atoms with E-state index in [9.17, 15) is 4.79 Å². The van der Waals surface area contributed by atoms with Crippen LogP contribution in [0.2, 0.25) is 5.02 Å². The van der Waals surface area contributed by atoms with E-state index >= 15 is 4.39 Å². The number of hydrogen-bond donors (Lipinski definition) is 2. The average molecular weight is 589 g/mol. The lowest BCUT2D eigenvalue weighted by Gasteiger charge is -2.36. The molecule has 2 N–H and O–H groups in total. The second-order valence-corrected chi connectivity index (χ2v) is 12.0. The summed E-state index contributed by atoms with van der Waals surface area (Å²) < 4.78 is 16.8. The first kappa shape index (κ1) is 27.1. The lowest BCUT2D eigenvalue weighted by Crippen LogP contribution is -2.48. The van der Waals surface area contributed by atoms with Crippen LogP contribution in [0, 0.1) is 12.7 Å². The molecule has 2 aromatic heterocycles. The Morgan fingerprint density at radius 3 is 2.57 bits per heavy atom. The van der Waals surface area contributed by atoms with Crippen molar-refractivity contribution < 1.29 is 9.18 Å². The van der Waals surface area contributed by atoms with Gasteiger partial charge >= 0.3 is 0 Å². The van der Waals surface area contributed by atoms with E-state index in [0.717, 1.165) is 48.4 Å². The third kappa shape index (κ3) is 4.86. The maximum atomic E-state index is 16.8. The molecular weight excluding hydrogens is 555 g/mol. The van der Waals surface area contributed by atoms with Gasteiger partial charge in [0.25, 0.3) is 0 Å². The zero-order chi connectivity index (χ0) is 29.0. The Morgan fingerprint density at radius 2 is 1.86 bits per heavy atom. The van der Waals surface area contributed by atoms with Crippen molar-refractivity contribution in [1.29, 1.82) is 0 Å². The van der Waals surface area contributed by atoms with Crippen LogP contribution in [0.5, 0.6) is 0 Å². The number of aryl methyl sites for hydroxylation is 1. The van der Waals surface area contributed by atoms with Gasteiger partial charge in [-0.05, 0) is 50.3 Å². The van der Waals surface area contributed by atoms with Crippen molar-refractivity contribution in [3.05, 3.63) is 53.5 Å². The number of anilines is 2. The van der Waals surface area contributed by atoms with Crippen molar-refractivity contribution in [2.45, 2.75) is 44.7 Å². The van der Waals surface area contributed by atoms with Gasteiger partial charge in [0.1, 0.15) is 11.3 Å². The maximum absolute atomic E-state index is 16.8. The molecule has 0 bridgehead atoms. The number of likely N-dealkylation sites (tertiary alicyclic amines) is 1. The molecule has 4 heterocycles. The molecule has 0 spiro atoms.